The zero-order valence-electron chi connectivity index (χ0n) is 11.7. The van der Waals surface area contributed by atoms with Crippen LogP contribution in [0.2, 0.25) is 0 Å². The monoisotopic (exact) mass is 268 g/mol. The van der Waals surface area contributed by atoms with Crippen molar-refractivity contribution in [2.24, 2.45) is 0 Å². The minimum absolute atomic E-state index is 0.181. The van der Waals surface area contributed by atoms with Crippen LogP contribution in [0, 0.1) is 0 Å². The van der Waals surface area contributed by atoms with Crippen LogP contribution in [0.25, 0.3) is 0 Å². The zero-order valence-corrected chi connectivity index (χ0v) is 12.5. The second-order valence-electron chi connectivity index (χ2n) is 4.89. The molecule has 1 aromatic rings. The maximum Gasteiger partial charge on any atom is 0.122 e. The molecule has 4 heteroatoms. The lowest BCUT2D eigenvalue weighted by Gasteiger charge is -2.21. The zero-order chi connectivity index (χ0) is 13.0. The molecule has 0 saturated carbocycles. The normalized spacial score (nSPS) is 20.7. The van der Waals surface area contributed by atoms with Crippen molar-refractivity contribution >= 4 is 11.3 Å². The van der Waals surface area contributed by atoms with Gasteiger partial charge in [-0.3, -0.25) is 0 Å². The maximum absolute atomic E-state index is 5.51. The van der Waals surface area contributed by atoms with Crippen LogP contribution in [-0.4, -0.2) is 25.2 Å². The smallest absolute Gasteiger partial charge is 0.122 e. The van der Waals surface area contributed by atoms with Gasteiger partial charge in [0.1, 0.15) is 11.1 Å². The van der Waals surface area contributed by atoms with Crippen LogP contribution >= 0.6 is 11.3 Å². The Labute approximate surface area is 114 Å². The second-order valence-corrected chi connectivity index (χ2v) is 6.01. The number of fused-ring (bicyclic) bond motifs is 1. The van der Waals surface area contributed by atoms with Gasteiger partial charge in [0.2, 0.25) is 0 Å². The molecular formula is C14H24N2OS. The van der Waals surface area contributed by atoms with Gasteiger partial charge in [-0.15, -0.1) is 11.3 Å². The van der Waals surface area contributed by atoms with Gasteiger partial charge < -0.3 is 10.1 Å². The number of thiazole rings is 1. The van der Waals surface area contributed by atoms with Gasteiger partial charge in [-0.2, -0.15) is 0 Å². The predicted octanol–water partition coefficient (Wildman–Crippen LogP) is 3.27. The van der Waals surface area contributed by atoms with E-state index in [9.17, 15) is 0 Å². The number of methoxy groups -OCH3 is 1. The average molecular weight is 268 g/mol. The van der Waals surface area contributed by atoms with Gasteiger partial charge in [0.05, 0.1) is 5.69 Å². The van der Waals surface area contributed by atoms with Gasteiger partial charge in [-0.25, -0.2) is 4.98 Å². The summed E-state index contributed by atoms with van der Waals surface area (Å²) in [7, 11) is 1.78. The quantitative estimate of drug-likeness (QED) is 0.860. The predicted molar refractivity (Wildman–Crippen MR) is 76.4 cm³/mol. The van der Waals surface area contributed by atoms with Crippen molar-refractivity contribution in [1.29, 1.82) is 0 Å². The fourth-order valence-corrected chi connectivity index (χ4v) is 3.98. The van der Waals surface area contributed by atoms with Gasteiger partial charge in [0, 0.05) is 24.4 Å². The number of likely N-dealkylation sites (N-methyl/N-ethyl adjacent to an activating group) is 1. The molecule has 0 radical (unpaired) electrons. The van der Waals surface area contributed by atoms with Crippen molar-refractivity contribution in [3.63, 3.8) is 0 Å². The van der Waals surface area contributed by atoms with Crippen molar-refractivity contribution in [3.8, 4) is 0 Å². The van der Waals surface area contributed by atoms with Crippen LogP contribution in [0.3, 0.4) is 0 Å². The molecule has 3 nitrogen and oxygen atoms in total. The fourth-order valence-electron chi connectivity index (χ4n) is 2.62. The van der Waals surface area contributed by atoms with E-state index in [0.29, 0.717) is 5.92 Å². The summed E-state index contributed by atoms with van der Waals surface area (Å²) in [5.74, 6) is 0.605. The van der Waals surface area contributed by atoms with Crippen molar-refractivity contribution in [2.45, 2.75) is 51.6 Å². The van der Waals surface area contributed by atoms with E-state index in [1.165, 1.54) is 34.8 Å². The Bertz CT molecular complexity index is 374. The average Bonchev–Trinajstić information content (AvgIpc) is 2.82. The fraction of sp³-hybridized carbons (Fsp3) is 0.786. The third-order valence-electron chi connectivity index (χ3n) is 3.66. The van der Waals surface area contributed by atoms with Crippen LogP contribution in [0.5, 0.6) is 0 Å². The van der Waals surface area contributed by atoms with E-state index in [1.54, 1.807) is 7.11 Å². The van der Waals surface area contributed by atoms with Crippen molar-refractivity contribution in [3.05, 3.63) is 15.6 Å². The van der Waals surface area contributed by atoms with Gasteiger partial charge in [0.25, 0.3) is 0 Å². The van der Waals surface area contributed by atoms with Gasteiger partial charge in [-0.05, 0) is 32.2 Å². The van der Waals surface area contributed by atoms with E-state index in [0.717, 1.165) is 19.5 Å². The van der Waals surface area contributed by atoms with E-state index in [1.807, 2.05) is 11.3 Å². The van der Waals surface area contributed by atoms with Crippen LogP contribution < -0.4 is 5.32 Å². The number of hydrogen-bond donors (Lipinski definition) is 1. The highest BCUT2D eigenvalue weighted by Gasteiger charge is 2.26. The summed E-state index contributed by atoms with van der Waals surface area (Å²) in [5.41, 5.74) is 1.35. The van der Waals surface area contributed by atoms with Crippen LogP contribution in [-0.2, 0) is 11.2 Å². The molecule has 1 heterocycles. The Morgan fingerprint density at radius 1 is 1.50 bits per heavy atom. The molecule has 1 aliphatic carbocycles. The summed E-state index contributed by atoms with van der Waals surface area (Å²) in [5, 5.41) is 4.63. The minimum Gasteiger partial charge on any atom is -0.374 e. The summed E-state index contributed by atoms with van der Waals surface area (Å²) < 4.78 is 5.51. The van der Waals surface area contributed by atoms with Gasteiger partial charge in [0.15, 0.2) is 0 Å². The van der Waals surface area contributed by atoms with E-state index in [4.69, 9.17) is 9.72 Å². The summed E-state index contributed by atoms with van der Waals surface area (Å²) in [4.78, 5) is 6.38. The lowest BCUT2D eigenvalue weighted by molar-refractivity contribution is 0.0996. The number of nitrogens with zero attached hydrogens (tertiary/aromatic N) is 1. The first-order valence-electron chi connectivity index (χ1n) is 7.03. The van der Waals surface area contributed by atoms with E-state index in [2.05, 4.69) is 19.2 Å². The molecule has 1 N–H and O–H groups in total. The Morgan fingerprint density at radius 2 is 2.33 bits per heavy atom. The third-order valence-corrected chi connectivity index (χ3v) is 4.88. The van der Waals surface area contributed by atoms with Crippen LogP contribution in [0.1, 0.15) is 60.7 Å². The van der Waals surface area contributed by atoms with Crippen molar-refractivity contribution in [1.82, 2.24) is 10.3 Å². The molecule has 1 aliphatic rings. The van der Waals surface area contributed by atoms with Gasteiger partial charge >= 0.3 is 0 Å². The molecule has 0 spiro atoms. The number of aromatic nitrogens is 1. The lowest BCUT2D eigenvalue weighted by atomic mass is 9.91. The Hall–Kier alpha value is -0.450. The molecule has 102 valence electrons. The number of hydrogen-bond acceptors (Lipinski definition) is 4. The number of rotatable bonds is 6. The van der Waals surface area contributed by atoms with Crippen LogP contribution in [0.15, 0.2) is 0 Å². The number of aryl methyl sites for hydroxylation is 1. The lowest BCUT2D eigenvalue weighted by Crippen LogP contribution is -2.24. The Balaban J connectivity index is 2.17. The molecule has 2 atom stereocenters. The van der Waals surface area contributed by atoms with Crippen molar-refractivity contribution in [2.75, 3.05) is 20.2 Å². The molecule has 2 unspecified atom stereocenters. The minimum atomic E-state index is 0.181. The molecule has 18 heavy (non-hydrogen) atoms. The molecule has 1 aromatic heterocycles. The number of nitrogens with one attached hydrogen (secondary N) is 1. The first-order valence-corrected chi connectivity index (χ1v) is 7.84. The Morgan fingerprint density at radius 3 is 3.00 bits per heavy atom. The maximum atomic E-state index is 5.51. The summed E-state index contributed by atoms with van der Waals surface area (Å²) in [6, 6.07) is 0. The molecule has 0 saturated heterocycles. The molecule has 0 amide bonds. The number of ether oxygens (including phenoxy) is 1. The van der Waals surface area contributed by atoms with E-state index < -0.39 is 0 Å². The molecule has 2 rings (SSSR count). The highest BCUT2D eigenvalue weighted by Crippen LogP contribution is 2.37. The van der Waals surface area contributed by atoms with E-state index in [-0.39, 0.29) is 6.10 Å². The third kappa shape index (κ3) is 2.92. The van der Waals surface area contributed by atoms with Crippen LogP contribution in [0.4, 0.5) is 0 Å². The first kappa shape index (κ1) is 14.0. The summed E-state index contributed by atoms with van der Waals surface area (Å²) in [6.07, 6.45) is 4.96. The van der Waals surface area contributed by atoms with E-state index >= 15 is 0 Å². The standard InChI is InChI=1S/C14H24N2OS/c1-4-11(17-3)14-16-13-10(9-15-5-2)7-6-8-12(13)18-14/h10-11,15H,4-9H2,1-3H3. The molecule has 0 bridgehead atoms. The summed E-state index contributed by atoms with van der Waals surface area (Å²) >= 11 is 1.87. The van der Waals surface area contributed by atoms with Gasteiger partial charge in [-0.1, -0.05) is 13.8 Å². The highest BCUT2D eigenvalue weighted by atomic mass is 32.1. The largest absolute Gasteiger partial charge is 0.374 e. The summed E-state index contributed by atoms with van der Waals surface area (Å²) in [6.45, 7) is 6.42. The SMILES string of the molecule is CCNCC1CCCc2sc(C(CC)OC)nc21. The molecule has 0 fully saturated rings. The molecular weight excluding hydrogens is 244 g/mol. The molecule has 0 aromatic carbocycles. The highest BCUT2D eigenvalue weighted by molar-refractivity contribution is 7.11. The molecule has 0 aliphatic heterocycles. The first-order chi connectivity index (χ1) is 8.80. The second kappa shape index (κ2) is 6.64. The topological polar surface area (TPSA) is 34.1 Å². The Kier molecular flexibility index (Phi) is 5.15. The van der Waals surface area contributed by atoms with Crippen molar-refractivity contribution < 1.29 is 4.74 Å².